The number of anilines is 1. The van der Waals surface area contributed by atoms with Crippen molar-refractivity contribution in [3.63, 3.8) is 0 Å². The summed E-state index contributed by atoms with van der Waals surface area (Å²) in [6.45, 7) is 0.822. The van der Waals surface area contributed by atoms with Crippen LogP contribution >= 0.6 is 27.5 Å². The van der Waals surface area contributed by atoms with E-state index in [0.29, 0.717) is 41.5 Å². The van der Waals surface area contributed by atoms with Crippen LogP contribution in [0.15, 0.2) is 40.9 Å². The number of alkyl halides is 1. The summed E-state index contributed by atoms with van der Waals surface area (Å²) in [6.07, 6.45) is 0. The molecule has 5 nitrogen and oxygen atoms in total. The third-order valence-electron chi connectivity index (χ3n) is 3.43. The second-order valence-corrected chi connectivity index (χ2v) is 6.24. The molecule has 0 saturated heterocycles. The van der Waals surface area contributed by atoms with Gasteiger partial charge in [0.2, 0.25) is 5.91 Å². The Hall–Kier alpha value is -2.05. The van der Waals surface area contributed by atoms with Crippen LogP contribution in [0.25, 0.3) is 0 Å². The van der Waals surface area contributed by atoms with Crippen molar-refractivity contribution in [2.24, 2.45) is 0 Å². The average molecular weight is 411 g/mol. The molecule has 1 aliphatic rings. The fourth-order valence-electron chi connectivity index (χ4n) is 2.32. The zero-order valence-electron chi connectivity index (χ0n) is 12.5. The largest absolute Gasteiger partial charge is 0.486 e. The molecular weight excluding hydrogens is 398 g/mol. The van der Waals surface area contributed by atoms with Gasteiger partial charge in [-0.15, -0.1) is 11.6 Å². The van der Waals surface area contributed by atoms with Gasteiger partial charge in [0.05, 0.1) is 11.3 Å². The molecule has 1 aliphatic heterocycles. The molecule has 2 aromatic carbocycles. The number of carbonyl (C=O) groups excluding carboxylic acids is 2. The van der Waals surface area contributed by atoms with E-state index in [1.54, 1.807) is 36.4 Å². The highest BCUT2D eigenvalue weighted by molar-refractivity contribution is 9.10. The first-order chi connectivity index (χ1) is 11.6. The minimum atomic E-state index is -0.404. The van der Waals surface area contributed by atoms with Crippen LogP contribution in [-0.2, 0) is 4.79 Å². The van der Waals surface area contributed by atoms with Crippen molar-refractivity contribution < 1.29 is 19.1 Å². The summed E-state index contributed by atoms with van der Waals surface area (Å²) < 4.78 is 11.9. The summed E-state index contributed by atoms with van der Waals surface area (Å²) in [4.78, 5) is 24.5. The maximum Gasteiger partial charge on any atom is 0.239 e. The van der Waals surface area contributed by atoms with Crippen LogP contribution in [0.2, 0.25) is 0 Å². The van der Waals surface area contributed by atoms with Gasteiger partial charge in [-0.1, -0.05) is 15.9 Å². The summed E-state index contributed by atoms with van der Waals surface area (Å²) in [5.41, 5.74) is 1.16. The number of fused-ring (bicyclic) bond motifs is 1. The number of rotatable bonds is 4. The number of ketones is 1. The van der Waals surface area contributed by atoms with Gasteiger partial charge in [0, 0.05) is 16.1 Å². The molecule has 1 N–H and O–H groups in total. The Morgan fingerprint density at radius 1 is 1.08 bits per heavy atom. The van der Waals surface area contributed by atoms with Gasteiger partial charge in [0.25, 0.3) is 0 Å². The number of hydrogen-bond donors (Lipinski definition) is 1. The molecule has 0 fully saturated rings. The zero-order chi connectivity index (χ0) is 17.1. The Morgan fingerprint density at radius 3 is 2.33 bits per heavy atom. The number of ether oxygens (including phenoxy) is 2. The van der Waals surface area contributed by atoms with E-state index in [9.17, 15) is 9.59 Å². The standard InChI is InChI=1S/C17H13BrClNO4/c18-11-3-1-10(2-4-11)17(22)12-7-14-15(24-6-5-23-14)8-13(12)20-16(21)9-19/h1-4,7-8H,5-6,9H2,(H,20,21). The van der Waals surface area contributed by atoms with E-state index in [0.717, 1.165) is 4.47 Å². The van der Waals surface area contributed by atoms with E-state index >= 15 is 0 Å². The van der Waals surface area contributed by atoms with E-state index in [-0.39, 0.29) is 11.7 Å². The predicted molar refractivity (Wildman–Crippen MR) is 94.4 cm³/mol. The lowest BCUT2D eigenvalue weighted by Crippen LogP contribution is -2.19. The summed E-state index contributed by atoms with van der Waals surface area (Å²) in [6, 6.07) is 10.1. The minimum Gasteiger partial charge on any atom is -0.486 e. The van der Waals surface area contributed by atoms with Crippen molar-refractivity contribution >= 4 is 44.9 Å². The van der Waals surface area contributed by atoms with Gasteiger partial charge in [-0.2, -0.15) is 0 Å². The predicted octanol–water partition coefficient (Wildman–Crippen LogP) is 3.63. The van der Waals surface area contributed by atoms with E-state index in [1.165, 1.54) is 0 Å². The molecule has 2 aromatic rings. The topological polar surface area (TPSA) is 64.6 Å². The van der Waals surface area contributed by atoms with Crippen LogP contribution in [0.3, 0.4) is 0 Å². The summed E-state index contributed by atoms with van der Waals surface area (Å²) in [5, 5.41) is 2.64. The third kappa shape index (κ3) is 3.55. The first-order valence-corrected chi connectivity index (χ1v) is 8.51. The molecule has 0 saturated carbocycles. The second kappa shape index (κ2) is 7.23. The summed E-state index contributed by atoms with van der Waals surface area (Å²) in [7, 11) is 0. The highest BCUT2D eigenvalue weighted by Gasteiger charge is 2.21. The maximum atomic E-state index is 12.8. The number of benzene rings is 2. The lowest BCUT2D eigenvalue weighted by Gasteiger charge is -2.21. The first kappa shape index (κ1) is 16.8. The molecular formula is C17H13BrClNO4. The lowest BCUT2D eigenvalue weighted by atomic mass is 10.0. The van der Waals surface area contributed by atoms with Gasteiger partial charge in [-0.3, -0.25) is 9.59 Å². The molecule has 24 heavy (non-hydrogen) atoms. The Balaban J connectivity index is 2.04. The molecule has 0 aromatic heterocycles. The maximum absolute atomic E-state index is 12.8. The molecule has 124 valence electrons. The lowest BCUT2D eigenvalue weighted by molar-refractivity contribution is -0.113. The van der Waals surface area contributed by atoms with Crippen molar-refractivity contribution in [3.8, 4) is 11.5 Å². The fourth-order valence-corrected chi connectivity index (χ4v) is 2.65. The first-order valence-electron chi connectivity index (χ1n) is 7.18. The molecule has 0 unspecified atom stereocenters. The highest BCUT2D eigenvalue weighted by atomic mass is 79.9. The van der Waals surface area contributed by atoms with E-state index in [4.69, 9.17) is 21.1 Å². The van der Waals surface area contributed by atoms with Gasteiger partial charge in [0.1, 0.15) is 19.1 Å². The molecule has 0 radical (unpaired) electrons. The Morgan fingerprint density at radius 2 is 1.71 bits per heavy atom. The SMILES string of the molecule is O=C(CCl)Nc1cc2c(cc1C(=O)c1ccc(Br)cc1)OCCO2. The van der Waals surface area contributed by atoms with E-state index in [1.807, 2.05) is 0 Å². The Labute approximate surface area is 152 Å². The van der Waals surface area contributed by atoms with E-state index in [2.05, 4.69) is 21.2 Å². The number of hydrogen-bond acceptors (Lipinski definition) is 4. The monoisotopic (exact) mass is 409 g/mol. The summed E-state index contributed by atoms with van der Waals surface area (Å²) in [5.74, 6) is 0.118. The van der Waals surface area contributed by atoms with Crippen LogP contribution in [-0.4, -0.2) is 30.8 Å². The molecule has 7 heteroatoms. The van der Waals surface area contributed by atoms with Crippen LogP contribution in [0.5, 0.6) is 11.5 Å². The second-order valence-electron chi connectivity index (χ2n) is 5.06. The van der Waals surface area contributed by atoms with Gasteiger partial charge in [-0.25, -0.2) is 0 Å². The number of carbonyl (C=O) groups is 2. The molecule has 0 bridgehead atoms. The van der Waals surface area contributed by atoms with Crippen molar-refractivity contribution in [1.29, 1.82) is 0 Å². The van der Waals surface area contributed by atoms with Crippen LogP contribution in [0, 0.1) is 0 Å². The normalized spacial score (nSPS) is 12.6. The average Bonchev–Trinajstić information content (AvgIpc) is 2.61. The van der Waals surface area contributed by atoms with Crippen molar-refractivity contribution in [2.45, 2.75) is 0 Å². The van der Waals surface area contributed by atoms with Gasteiger partial charge >= 0.3 is 0 Å². The van der Waals surface area contributed by atoms with Crippen molar-refractivity contribution in [3.05, 3.63) is 52.0 Å². The molecule has 1 heterocycles. The smallest absolute Gasteiger partial charge is 0.239 e. The molecule has 0 atom stereocenters. The van der Waals surface area contributed by atoms with Crippen LogP contribution in [0.4, 0.5) is 5.69 Å². The van der Waals surface area contributed by atoms with Crippen LogP contribution in [0.1, 0.15) is 15.9 Å². The number of halogens is 2. The number of amides is 1. The summed E-state index contributed by atoms with van der Waals surface area (Å²) >= 11 is 8.89. The minimum absolute atomic E-state index is 0.208. The van der Waals surface area contributed by atoms with Gasteiger partial charge < -0.3 is 14.8 Å². The third-order valence-corrected chi connectivity index (χ3v) is 4.20. The number of nitrogens with one attached hydrogen (secondary N) is 1. The Kier molecular flexibility index (Phi) is 5.06. The van der Waals surface area contributed by atoms with Crippen LogP contribution < -0.4 is 14.8 Å². The van der Waals surface area contributed by atoms with Crippen molar-refractivity contribution in [2.75, 3.05) is 24.4 Å². The van der Waals surface area contributed by atoms with Gasteiger partial charge in [0.15, 0.2) is 17.3 Å². The van der Waals surface area contributed by atoms with E-state index < -0.39 is 5.91 Å². The molecule has 0 spiro atoms. The Bertz CT molecular complexity index is 792. The molecule has 3 rings (SSSR count). The van der Waals surface area contributed by atoms with Crippen molar-refractivity contribution in [1.82, 2.24) is 0 Å². The molecule has 0 aliphatic carbocycles. The quantitative estimate of drug-likeness (QED) is 0.617. The fraction of sp³-hybridized carbons (Fsp3) is 0.176. The highest BCUT2D eigenvalue weighted by Crippen LogP contribution is 2.36. The van der Waals surface area contributed by atoms with Gasteiger partial charge in [-0.05, 0) is 30.3 Å². The molecule has 1 amide bonds. The zero-order valence-corrected chi connectivity index (χ0v) is 14.8.